The lowest BCUT2D eigenvalue weighted by molar-refractivity contribution is -0.124. The zero-order valence-electron chi connectivity index (χ0n) is 17.9. The van der Waals surface area contributed by atoms with Crippen molar-refractivity contribution in [1.29, 1.82) is 0 Å². The highest BCUT2D eigenvalue weighted by molar-refractivity contribution is 5.96. The first-order valence-electron chi connectivity index (χ1n) is 10.3. The second-order valence-corrected chi connectivity index (χ2v) is 7.17. The fourth-order valence-corrected chi connectivity index (χ4v) is 3.13. The number of benzene rings is 2. The van der Waals surface area contributed by atoms with E-state index in [-0.39, 0.29) is 30.3 Å². The number of ketones is 1. The Balaban J connectivity index is 1.97. The second kappa shape index (κ2) is 12.8. The first-order valence-corrected chi connectivity index (χ1v) is 10.3. The monoisotopic (exact) mass is 413 g/mol. The molecule has 162 valence electrons. The zero-order chi connectivity index (χ0) is 21.8. The molecule has 0 spiro atoms. The van der Waals surface area contributed by atoms with Gasteiger partial charge in [-0.3, -0.25) is 9.59 Å². The van der Waals surface area contributed by atoms with Crippen LogP contribution in [0.1, 0.15) is 37.0 Å². The van der Waals surface area contributed by atoms with Gasteiger partial charge in [0.15, 0.2) is 5.78 Å². The topological polar surface area (TPSA) is 73.9 Å². The third-order valence-electron chi connectivity index (χ3n) is 4.73. The number of hydrogen-bond donors (Lipinski definition) is 1. The van der Waals surface area contributed by atoms with E-state index < -0.39 is 0 Å². The van der Waals surface area contributed by atoms with Crippen LogP contribution in [-0.2, 0) is 14.3 Å². The van der Waals surface area contributed by atoms with E-state index in [1.54, 1.807) is 31.3 Å². The number of carbonyl (C=O) groups excluding carboxylic acids is 2. The van der Waals surface area contributed by atoms with Crippen LogP contribution in [0.4, 0.5) is 0 Å². The van der Waals surface area contributed by atoms with Crippen molar-refractivity contribution in [1.82, 2.24) is 5.32 Å². The highest BCUT2D eigenvalue weighted by atomic mass is 16.7. The molecule has 1 amide bonds. The Morgan fingerprint density at radius 3 is 2.27 bits per heavy atom. The molecule has 2 aromatic rings. The number of carbonyl (C=O) groups is 2. The van der Waals surface area contributed by atoms with Crippen LogP contribution < -0.4 is 10.1 Å². The minimum absolute atomic E-state index is 0.00961. The van der Waals surface area contributed by atoms with E-state index in [1.165, 1.54) is 0 Å². The molecule has 0 fully saturated rings. The van der Waals surface area contributed by atoms with Gasteiger partial charge in [0.1, 0.15) is 18.3 Å². The van der Waals surface area contributed by atoms with E-state index in [0.717, 1.165) is 5.75 Å². The number of nitrogens with one attached hydrogen (secondary N) is 1. The van der Waals surface area contributed by atoms with Gasteiger partial charge in [0, 0.05) is 31.6 Å². The van der Waals surface area contributed by atoms with E-state index >= 15 is 0 Å². The summed E-state index contributed by atoms with van der Waals surface area (Å²) in [5, 5.41) is 2.65. The number of para-hydroxylation sites is 1. The lowest BCUT2D eigenvalue weighted by atomic mass is 9.90. The highest BCUT2D eigenvalue weighted by Gasteiger charge is 2.22. The van der Waals surface area contributed by atoms with Gasteiger partial charge in [0.05, 0.1) is 6.61 Å². The summed E-state index contributed by atoms with van der Waals surface area (Å²) in [6.07, 6.45) is 0.860. The SMILES string of the molecule is CCOCOC[C@@H](CC(=O)c1ccc(Oc2ccccc2)cc1)C[C@H](C)C(=O)NC. The molecule has 0 aliphatic rings. The zero-order valence-corrected chi connectivity index (χ0v) is 17.9. The van der Waals surface area contributed by atoms with Crippen LogP contribution in [0, 0.1) is 11.8 Å². The third-order valence-corrected chi connectivity index (χ3v) is 4.73. The molecule has 2 aromatic carbocycles. The van der Waals surface area contributed by atoms with Gasteiger partial charge < -0.3 is 19.5 Å². The lowest BCUT2D eigenvalue weighted by Gasteiger charge is -2.20. The van der Waals surface area contributed by atoms with E-state index in [9.17, 15) is 9.59 Å². The average Bonchev–Trinajstić information content (AvgIpc) is 2.77. The molecule has 0 radical (unpaired) electrons. The number of amides is 1. The van der Waals surface area contributed by atoms with Crippen LogP contribution in [0.5, 0.6) is 11.5 Å². The molecule has 0 saturated carbocycles. The molecule has 30 heavy (non-hydrogen) atoms. The van der Waals surface area contributed by atoms with Crippen molar-refractivity contribution in [2.75, 3.05) is 27.1 Å². The van der Waals surface area contributed by atoms with Crippen molar-refractivity contribution in [3.63, 3.8) is 0 Å². The molecule has 6 heteroatoms. The summed E-state index contributed by atoms with van der Waals surface area (Å²) in [5.41, 5.74) is 0.609. The van der Waals surface area contributed by atoms with E-state index in [0.29, 0.717) is 37.4 Å². The normalized spacial score (nSPS) is 12.8. The Bertz CT molecular complexity index is 776. The standard InChI is InChI=1S/C24H31NO5/c1-4-28-17-29-16-19(14-18(2)24(27)25-3)15-23(26)20-10-12-22(13-11-20)30-21-8-6-5-7-9-21/h5-13,18-19H,4,14-17H2,1-3H3,(H,25,27)/t18-,19+/m0/s1. The Morgan fingerprint density at radius 1 is 0.967 bits per heavy atom. The molecule has 0 aliphatic heterocycles. The summed E-state index contributed by atoms with van der Waals surface area (Å²) in [6.45, 7) is 4.86. The Morgan fingerprint density at radius 2 is 1.63 bits per heavy atom. The molecule has 2 atom stereocenters. The molecule has 0 bridgehead atoms. The molecule has 0 unspecified atom stereocenters. The predicted octanol–water partition coefficient (Wildman–Crippen LogP) is 4.45. The number of hydrogen-bond acceptors (Lipinski definition) is 5. The lowest BCUT2D eigenvalue weighted by Crippen LogP contribution is -2.29. The maximum atomic E-state index is 12.8. The Kier molecular flexibility index (Phi) is 10.0. The molecular weight excluding hydrogens is 382 g/mol. The molecule has 2 rings (SSSR count). The van der Waals surface area contributed by atoms with Crippen molar-refractivity contribution < 1.29 is 23.8 Å². The van der Waals surface area contributed by atoms with Crippen molar-refractivity contribution >= 4 is 11.7 Å². The van der Waals surface area contributed by atoms with Crippen molar-refractivity contribution in [3.8, 4) is 11.5 Å². The van der Waals surface area contributed by atoms with E-state index in [4.69, 9.17) is 14.2 Å². The Hall–Kier alpha value is -2.70. The maximum absolute atomic E-state index is 12.8. The largest absolute Gasteiger partial charge is 0.457 e. The van der Waals surface area contributed by atoms with Crippen molar-refractivity contribution in [3.05, 3.63) is 60.2 Å². The van der Waals surface area contributed by atoms with Crippen LogP contribution in [0.2, 0.25) is 0 Å². The maximum Gasteiger partial charge on any atom is 0.222 e. The highest BCUT2D eigenvalue weighted by Crippen LogP contribution is 2.23. The first-order chi connectivity index (χ1) is 14.5. The number of Topliss-reactive ketones (excluding diaryl/α,β-unsaturated/α-hetero) is 1. The van der Waals surface area contributed by atoms with E-state index in [2.05, 4.69) is 5.32 Å². The fourth-order valence-electron chi connectivity index (χ4n) is 3.13. The molecular formula is C24H31NO5. The quantitative estimate of drug-likeness (QED) is 0.298. The van der Waals surface area contributed by atoms with Crippen LogP contribution in [0.3, 0.4) is 0 Å². The van der Waals surface area contributed by atoms with Gasteiger partial charge in [-0.15, -0.1) is 0 Å². The summed E-state index contributed by atoms with van der Waals surface area (Å²) in [5.74, 6) is 1.10. The summed E-state index contributed by atoms with van der Waals surface area (Å²) in [6, 6.07) is 16.6. The van der Waals surface area contributed by atoms with Crippen LogP contribution in [0.25, 0.3) is 0 Å². The summed E-state index contributed by atoms with van der Waals surface area (Å²) in [7, 11) is 1.61. The van der Waals surface area contributed by atoms with Crippen LogP contribution in [0.15, 0.2) is 54.6 Å². The van der Waals surface area contributed by atoms with Crippen molar-refractivity contribution in [2.45, 2.75) is 26.7 Å². The summed E-state index contributed by atoms with van der Waals surface area (Å²) >= 11 is 0. The summed E-state index contributed by atoms with van der Waals surface area (Å²) in [4.78, 5) is 24.7. The summed E-state index contributed by atoms with van der Waals surface area (Å²) < 4.78 is 16.5. The van der Waals surface area contributed by atoms with Gasteiger partial charge in [0.2, 0.25) is 5.91 Å². The number of ether oxygens (including phenoxy) is 3. The van der Waals surface area contributed by atoms with Gasteiger partial charge in [0.25, 0.3) is 0 Å². The molecule has 0 aromatic heterocycles. The minimum atomic E-state index is -0.204. The molecule has 0 aliphatic carbocycles. The minimum Gasteiger partial charge on any atom is -0.457 e. The van der Waals surface area contributed by atoms with Gasteiger partial charge in [-0.1, -0.05) is 25.1 Å². The van der Waals surface area contributed by atoms with Crippen molar-refractivity contribution in [2.24, 2.45) is 11.8 Å². The smallest absolute Gasteiger partial charge is 0.222 e. The fraction of sp³-hybridized carbons (Fsp3) is 0.417. The van der Waals surface area contributed by atoms with Gasteiger partial charge in [-0.2, -0.15) is 0 Å². The molecule has 6 nitrogen and oxygen atoms in total. The van der Waals surface area contributed by atoms with Crippen LogP contribution in [-0.4, -0.2) is 38.7 Å². The van der Waals surface area contributed by atoms with Crippen LogP contribution >= 0.6 is 0 Å². The Labute approximate surface area is 178 Å². The first kappa shape index (κ1) is 23.6. The molecule has 0 heterocycles. The van der Waals surface area contributed by atoms with Gasteiger partial charge >= 0.3 is 0 Å². The average molecular weight is 414 g/mol. The van der Waals surface area contributed by atoms with Gasteiger partial charge in [-0.25, -0.2) is 0 Å². The third kappa shape index (κ3) is 7.97. The van der Waals surface area contributed by atoms with Gasteiger partial charge in [-0.05, 0) is 55.7 Å². The molecule has 0 saturated heterocycles. The molecule has 1 N–H and O–H groups in total. The van der Waals surface area contributed by atoms with E-state index in [1.807, 2.05) is 44.2 Å². The second-order valence-electron chi connectivity index (χ2n) is 7.17. The predicted molar refractivity (Wildman–Crippen MR) is 116 cm³/mol. The number of rotatable bonds is 13.